The van der Waals surface area contributed by atoms with Crippen LogP contribution in [0.5, 0.6) is 0 Å². The second kappa shape index (κ2) is 4.97. The first-order chi connectivity index (χ1) is 11.2. The maximum Gasteiger partial charge on any atom is 0.433 e. The molecule has 0 amide bonds. The van der Waals surface area contributed by atoms with Crippen molar-refractivity contribution in [1.29, 1.82) is 0 Å². The largest absolute Gasteiger partial charge is 0.433 e. The molecule has 11 nitrogen and oxygen atoms in total. The molecule has 0 aliphatic carbocycles. The first kappa shape index (κ1) is 15.3. The van der Waals surface area contributed by atoms with Gasteiger partial charge in [0, 0.05) is 6.07 Å². The Balaban J connectivity index is 2.49. The van der Waals surface area contributed by atoms with Crippen LogP contribution in [0.3, 0.4) is 0 Å². The molecule has 0 saturated carbocycles. The number of rotatable bonds is 3. The predicted molar refractivity (Wildman–Crippen MR) is 69.3 cm³/mol. The molecule has 0 aliphatic rings. The van der Waals surface area contributed by atoms with Crippen LogP contribution in [-0.2, 0) is 6.18 Å². The molecule has 1 aromatic carbocycles. The van der Waals surface area contributed by atoms with Gasteiger partial charge in [-0.3, -0.25) is 20.2 Å². The fourth-order valence-corrected chi connectivity index (χ4v) is 2.16. The summed E-state index contributed by atoms with van der Waals surface area (Å²) in [5, 5.41) is 34.9. The molecule has 0 aliphatic heterocycles. The minimum absolute atomic E-state index is 0.102. The van der Waals surface area contributed by atoms with E-state index in [2.05, 4.69) is 15.3 Å². The van der Waals surface area contributed by atoms with Gasteiger partial charge >= 0.3 is 17.6 Å². The highest BCUT2D eigenvalue weighted by Crippen LogP contribution is 2.40. The molecule has 0 atom stereocenters. The third-order valence-electron chi connectivity index (χ3n) is 3.06. The topological polar surface area (TPSA) is 146 Å². The van der Waals surface area contributed by atoms with E-state index >= 15 is 0 Å². The number of aromatic amines is 1. The lowest BCUT2D eigenvalue weighted by Crippen LogP contribution is -2.15. The smallest absolute Gasteiger partial charge is 0.258 e. The molecule has 2 heterocycles. The van der Waals surface area contributed by atoms with Crippen molar-refractivity contribution in [3.63, 3.8) is 0 Å². The van der Waals surface area contributed by atoms with Gasteiger partial charge in [0.1, 0.15) is 11.2 Å². The molecule has 24 heavy (non-hydrogen) atoms. The first-order valence-electron chi connectivity index (χ1n) is 5.99. The SMILES string of the molecule is O=[N+]([O-])c1cc2n[nH]nc2c([N+](=O)[O-])c1-n1nccc1C(F)(F)F. The van der Waals surface area contributed by atoms with E-state index < -0.39 is 44.3 Å². The average Bonchev–Trinajstić information content (AvgIpc) is 3.12. The number of nitrogens with one attached hydrogen (secondary N) is 1. The van der Waals surface area contributed by atoms with Gasteiger partial charge in [0.05, 0.1) is 16.0 Å². The fraction of sp³-hybridized carbons (Fsp3) is 0.100. The maximum absolute atomic E-state index is 13.1. The van der Waals surface area contributed by atoms with Gasteiger partial charge in [-0.25, -0.2) is 4.68 Å². The number of nitro benzene ring substituents is 2. The Labute approximate surface area is 128 Å². The molecule has 0 saturated heterocycles. The Kier molecular flexibility index (Phi) is 3.17. The number of benzene rings is 1. The monoisotopic (exact) mass is 343 g/mol. The molecule has 3 aromatic rings. The number of fused-ring (bicyclic) bond motifs is 1. The highest BCUT2D eigenvalue weighted by Gasteiger charge is 2.40. The third-order valence-corrected chi connectivity index (χ3v) is 3.06. The molecule has 0 spiro atoms. The summed E-state index contributed by atoms with van der Waals surface area (Å²) in [5.41, 5.74) is -5.00. The van der Waals surface area contributed by atoms with E-state index in [1.165, 1.54) is 0 Å². The molecular formula is C10H4F3N7O4. The van der Waals surface area contributed by atoms with Gasteiger partial charge in [0.15, 0.2) is 5.52 Å². The van der Waals surface area contributed by atoms with Gasteiger partial charge in [0.25, 0.3) is 0 Å². The first-order valence-corrected chi connectivity index (χ1v) is 5.99. The van der Waals surface area contributed by atoms with Crippen LogP contribution in [0.2, 0.25) is 0 Å². The molecule has 0 bridgehead atoms. The number of H-pyrrole nitrogens is 1. The molecule has 0 fully saturated rings. The summed E-state index contributed by atoms with van der Waals surface area (Å²) in [6.07, 6.45) is -4.21. The summed E-state index contributed by atoms with van der Waals surface area (Å²) in [6.45, 7) is 0. The van der Waals surface area contributed by atoms with Crippen molar-refractivity contribution in [2.45, 2.75) is 6.18 Å². The summed E-state index contributed by atoms with van der Waals surface area (Å²) in [5.74, 6) is 0. The van der Waals surface area contributed by atoms with Gasteiger partial charge in [-0.05, 0) is 6.07 Å². The Morgan fingerprint density at radius 1 is 1.17 bits per heavy atom. The van der Waals surface area contributed by atoms with Gasteiger partial charge in [0.2, 0.25) is 5.69 Å². The molecule has 0 unspecified atom stereocenters. The zero-order valence-corrected chi connectivity index (χ0v) is 11.2. The summed E-state index contributed by atoms with van der Waals surface area (Å²) < 4.78 is 39.3. The number of hydrogen-bond donors (Lipinski definition) is 1. The number of hydrogen-bond acceptors (Lipinski definition) is 7. The summed E-state index contributed by atoms with van der Waals surface area (Å²) in [6, 6.07) is 1.32. The lowest BCUT2D eigenvalue weighted by atomic mass is 10.2. The fourth-order valence-electron chi connectivity index (χ4n) is 2.16. The van der Waals surface area contributed by atoms with Crippen molar-refractivity contribution in [3.8, 4) is 5.69 Å². The van der Waals surface area contributed by atoms with Crippen molar-refractivity contribution in [3.05, 3.63) is 44.3 Å². The highest BCUT2D eigenvalue weighted by atomic mass is 19.4. The Hall–Kier alpha value is -3.58. The van der Waals surface area contributed by atoms with Crippen LogP contribution in [0.25, 0.3) is 16.7 Å². The van der Waals surface area contributed by atoms with Crippen LogP contribution < -0.4 is 0 Å². The van der Waals surface area contributed by atoms with Crippen molar-refractivity contribution in [2.24, 2.45) is 0 Å². The molecule has 0 radical (unpaired) electrons. The van der Waals surface area contributed by atoms with Crippen molar-refractivity contribution in [1.82, 2.24) is 25.2 Å². The number of nitrogens with zero attached hydrogens (tertiary/aromatic N) is 6. The number of alkyl halides is 3. The van der Waals surface area contributed by atoms with E-state index in [1.54, 1.807) is 0 Å². The van der Waals surface area contributed by atoms with Crippen LogP contribution in [0.4, 0.5) is 24.5 Å². The zero-order chi connectivity index (χ0) is 17.6. The lowest BCUT2D eigenvalue weighted by Gasteiger charge is -2.10. The third kappa shape index (κ3) is 2.20. The van der Waals surface area contributed by atoms with Gasteiger partial charge in [-0.1, -0.05) is 0 Å². The average molecular weight is 343 g/mol. The van der Waals surface area contributed by atoms with E-state index in [1.807, 2.05) is 5.21 Å². The van der Waals surface area contributed by atoms with Crippen LogP contribution in [0.1, 0.15) is 5.69 Å². The predicted octanol–water partition coefficient (Wildman–Crippen LogP) is 1.98. The second-order valence-corrected chi connectivity index (χ2v) is 4.42. The van der Waals surface area contributed by atoms with E-state index in [0.717, 1.165) is 12.3 Å². The summed E-state index contributed by atoms with van der Waals surface area (Å²) >= 11 is 0. The summed E-state index contributed by atoms with van der Waals surface area (Å²) in [4.78, 5) is 20.4. The standard InChI is InChI=1S/C10H4F3N7O4/c11-10(12,13)6-1-2-14-18(6)8-5(19(21)22)3-4-7(16-17-15-4)9(8)20(23)24/h1-3H,(H,15,16,17). The van der Waals surface area contributed by atoms with Crippen LogP contribution in [-0.4, -0.2) is 35.0 Å². The number of nitro groups is 2. The van der Waals surface area contributed by atoms with Crippen molar-refractivity contribution in [2.75, 3.05) is 0 Å². The molecule has 2 aromatic heterocycles. The number of halogens is 3. The zero-order valence-electron chi connectivity index (χ0n) is 11.2. The van der Waals surface area contributed by atoms with Crippen LogP contribution in [0.15, 0.2) is 18.3 Å². The molecule has 3 rings (SSSR count). The van der Waals surface area contributed by atoms with E-state index in [0.29, 0.717) is 6.07 Å². The van der Waals surface area contributed by atoms with Crippen molar-refractivity contribution < 1.29 is 23.0 Å². The van der Waals surface area contributed by atoms with Gasteiger partial charge in [-0.15, -0.1) is 5.10 Å². The molecule has 14 heteroatoms. The lowest BCUT2D eigenvalue weighted by molar-refractivity contribution is -0.392. The highest BCUT2D eigenvalue weighted by molar-refractivity contribution is 5.92. The van der Waals surface area contributed by atoms with Crippen molar-refractivity contribution >= 4 is 22.4 Å². The van der Waals surface area contributed by atoms with E-state index in [-0.39, 0.29) is 10.2 Å². The minimum Gasteiger partial charge on any atom is -0.258 e. The summed E-state index contributed by atoms with van der Waals surface area (Å²) in [7, 11) is 0. The molecule has 124 valence electrons. The Morgan fingerprint density at radius 2 is 1.88 bits per heavy atom. The molecular weight excluding hydrogens is 339 g/mol. The number of aromatic nitrogens is 5. The Bertz CT molecular complexity index is 977. The van der Waals surface area contributed by atoms with Gasteiger partial charge < -0.3 is 0 Å². The van der Waals surface area contributed by atoms with E-state index in [9.17, 15) is 33.4 Å². The van der Waals surface area contributed by atoms with Crippen LogP contribution in [0, 0.1) is 20.2 Å². The van der Waals surface area contributed by atoms with Crippen LogP contribution >= 0.6 is 0 Å². The van der Waals surface area contributed by atoms with Gasteiger partial charge in [-0.2, -0.15) is 28.6 Å². The minimum atomic E-state index is -4.93. The second-order valence-electron chi connectivity index (χ2n) is 4.42. The maximum atomic E-state index is 13.1. The van der Waals surface area contributed by atoms with E-state index in [4.69, 9.17) is 0 Å². The Morgan fingerprint density at radius 3 is 2.46 bits per heavy atom. The quantitative estimate of drug-likeness (QED) is 0.565. The molecule has 1 N–H and O–H groups in total. The normalized spacial score (nSPS) is 11.8.